The average molecular weight is 170 g/mol. The largest absolute Gasteiger partial charge is 0.245 e. The highest BCUT2D eigenvalue weighted by Gasteiger charge is 1.98. The van der Waals surface area contributed by atoms with Crippen LogP contribution in [0.25, 0.3) is 12.2 Å². The molecule has 1 aromatic heterocycles. The third kappa shape index (κ3) is 2.03. The van der Waals surface area contributed by atoms with E-state index >= 15 is 0 Å². The molecule has 0 saturated carbocycles. The van der Waals surface area contributed by atoms with Gasteiger partial charge in [0.15, 0.2) is 0 Å². The lowest BCUT2D eigenvalue weighted by atomic mass is 10.1. The number of hydrogen-bond donors (Lipinski definition) is 0. The van der Waals surface area contributed by atoms with E-state index in [-0.39, 0.29) is 0 Å². The quantitative estimate of drug-likeness (QED) is 0.684. The first-order valence-electron chi connectivity index (χ1n) is 3.97. The van der Waals surface area contributed by atoms with E-state index in [4.69, 9.17) is 5.26 Å². The van der Waals surface area contributed by atoms with Crippen LogP contribution in [0.2, 0.25) is 0 Å². The lowest BCUT2D eigenvalue weighted by molar-refractivity contribution is 1.25. The SMILES string of the molecule is C=Cc1cc(C#N)ncc1/C=C\C. The number of nitriles is 1. The van der Waals surface area contributed by atoms with Crippen molar-refractivity contribution >= 4 is 12.2 Å². The molecule has 0 aliphatic carbocycles. The first-order valence-corrected chi connectivity index (χ1v) is 3.97. The van der Waals surface area contributed by atoms with Crippen LogP contribution in [0.5, 0.6) is 0 Å². The Kier molecular flexibility index (Phi) is 2.99. The number of rotatable bonds is 2. The summed E-state index contributed by atoms with van der Waals surface area (Å²) in [4.78, 5) is 3.96. The monoisotopic (exact) mass is 170 g/mol. The first kappa shape index (κ1) is 9.21. The molecule has 0 atom stereocenters. The normalized spacial score (nSPS) is 9.85. The van der Waals surface area contributed by atoms with E-state index in [1.165, 1.54) is 0 Å². The Morgan fingerprint density at radius 3 is 2.85 bits per heavy atom. The summed E-state index contributed by atoms with van der Waals surface area (Å²) >= 11 is 0. The summed E-state index contributed by atoms with van der Waals surface area (Å²) in [6.07, 6.45) is 7.26. The van der Waals surface area contributed by atoms with E-state index in [9.17, 15) is 0 Å². The molecule has 13 heavy (non-hydrogen) atoms. The molecule has 0 saturated heterocycles. The molecule has 0 spiro atoms. The summed E-state index contributed by atoms with van der Waals surface area (Å²) < 4.78 is 0. The van der Waals surface area contributed by atoms with Gasteiger partial charge in [-0.2, -0.15) is 5.26 Å². The minimum Gasteiger partial charge on any atom is -0.245 e. The third-order valence-corrected chi connectivity index (χ3v) is 1.65. The Morgan fingerprint density at radius 1 is 1.54 bits per heavy atom. The first-order chi connectivity index (χ1) is 6.31. The molecular formula is C11H10N2. The minimum absolute atomic E-state index is 0.420. The Bertz CT molecular complexity index is 384. The second-order valence-corrected chi connectivity index (χ2v) is 2.51. The molecule has 0 N–H and O–H groups in total. The molecule has 2 heteroatoms. The molecule has 0 aromatic carbocycles. The van der Waals surface area contributed by atoms with Gasteiger partial charge >= 0.3 is 0 Å². The number of hydrogen-bond acceptors (Lipinski definition) is 2. The Hall–Kier alpha value is -1.88. The molecule has 1 rings (SSSR count). The topological polar surface area (TPSA) is 36.7 Å². The van der Waals surface area contributed by atoms with Crippen molar-refractivity contribution in [2.24, 2.45) is 0 Å². The van der Waals surface area contributed by atoms with Crippen molar-refractivity contribution in [2.75, 3.05) is 0 Å². The van der Waals surface area contributed by atoms with Crippen molar-refractivity contribution in [3.8, 4) is 6.07 Å². The fraction of sp³-hybridized carbons (Fsp3) is 0.0909. The Balaban J connectivity index is 3.25. The van der Waals surface area contributed by atoms with Crippen LogP contribution in [0, 0.1) is 11.3 Å². The van der Waals surface area contributed by atoms with Crippen molar-refractivity contribution in [3.63, 3.8) is 0 Å². The van der Waals surface area contributed by atoms with Crippen LogP contribution in [0.3, 0.4) is 0 Å². The molecule has 0 fully saturated rings. The molecule has 64 valence electrons. The summed E-state index contributed by atoms with van der Waals surface area (Å²) in [5.74, 6) is 0. The second-order valence-electron chi connectivity index (χ2n) is 2.51. The van der Waals surface area contributed by atoms with Gasteiger partial charge in [-0.3, -0.25) is 0 Å². The van der Waals surface area contributed by atoms with Gasteiger partial charge in [0.2, 0.25) is 0 Å². The molecule has 2 nitrogen and oxygen atoms in total. The standard InChI is InChI=1S/C11H10N2/c1-3-5-10-8-13-11(7-12)6-9(10)4-2/h3-6,8H,2H2,1H3/b5-3-. The van der Waals surface area contributed by atoms with Gasteiger partial charge in [-0.25, -0.2) is 4.98 Å². The van der Waals surface area contributed by atoms with E-state index in [1.54, 1.807) is 18.3 Å². The van der Waals surface area contributed by atoms with Gasteiger partial charge in [0.1, 0.15) is 11.8 Å². The van der Waals surface area contributed by atoms with Crippen molar-refractivity contribution in [3.05, 3.63) is 41.7 Å². The van der Waals surface area contributed by atoms with Gasteiger partial charge in [0, 0.05) is 6.20 Å². The van der Waals surface area contributed by atoms with Gasteiger partial charge in [0.25, 0.3) is 0 Å². The van der Waals surface area contributed by atoms with Gasteiger partial charge in [-0.05, 0) is 24.1 Å². The Labute approximate surface area is 77.9 Å². The number of nitrogens with zero attached hydrogens (tertiary/aromatic N) is 2. The Morgan fingerprint density at radius 2 is 2.31 bits per heavy atom. The second kappa shape index (κ2) is 4.22. The van der Waals surface area contributed by atoms with Crippen LogP contribution in [-0.4, -0.2) is 4.98 Å². The fourth-order valence-corrected chi connectivity index (χ4v) is 1.04. The minimum atomic E-state index is 0.420. The van der Waals surface area contributed by atoms with Gasteiger partial charge in [0.05, 0.1) is 0 Å². The van der Waals surface area contributed by atoms with Crippen LogP contribution in [0.4, 0.5) is 0 Å². The van der Waals surface area contributed by atoms with Crippen LogP contribution in [0.15, 0.2) is 24.9 Å². The summed E-state index contributed by atoms with van der Waals surface area (Å²) in [6, 6.07) is 3.71. The molecule has 1 heterocycles. The van der Waals surface area contributed by atoms with Gasteiger partial charge < -0.3 is 0 Å². The maximum absolute atomic E-state index is 8.61. The van der Waals surface area contributed by atoms with E-state index < -0.39 is 0 Å². The molecule has 1 aromatic rings. The van der Waals surface area contributed by atoms with Crippen LogP contribution in [0.1, 0.15) is 23.7 Å². The summed E-state index contributed by atoms with van der Waals surface area (Å²) in [5, 5.41) is 8.61. The molecule has 0 aliphatic rings. The maximum Gasteiger partial charge on any atom is 0.141 e. The predicted molar refractivity (Wildman–Crippen MR) is 53.8 cm³/mol. The lowest BCUT2D eigenvalue weighted by Crippen LogP contribution is -1.87. The van der Waals surface area contributed by atoms with Gasteiger partial charge in [-0.1, -0.05) is 24.8 Å². The highest BCUT2D eigenvalue weighted by molar-refractivity contribution is 5.64. The van der Waals surface area contributed by atoms with Gasteiger partial charge in [-0.15, -0.1) is 0 Å². The fourth-order valence-electron chi connectivity index (χ4n) is 1.04. The predicted octanol–water partition coefficient (Wildman–Crippen LogP) is 2.63. The zero-order chi connectivity index (χ0) is 9.68. The van der Waals surface area contributed by atoms with E-state index in [2.05, 4.69) is 11.6 Å². The highest BCUT2D eigenvalue weighted by atomic mass is 14.7. The lowest BCUT2D eigenvalue weighted by Gasteiger charge is -1.99. The van der Waals surface area contributed by atoms with Crippen LogP contribution < -0.4 is 0 Å². The van der Waals surface area contributed by atoms with E-state index in [0.717, 1.165) is 11.1 Å². The third-order valence-electron chi connectivity index (χ3n) is 1.65. The maximum atomic E-state index is 8.61. The van der Waals surface area contributed by atoms with Crippen molar-refractivity contribution in [1.82, 2.24) is 4.98 Å². The number of pyridine rings is 1. The molecule has 0 radical (unpaired) electrons. The molecule has 0 bridgehead atoms. The van der Waals surface area contributed by atoms with E-state index in [0.29, 0.717) is 5.69 Å². The van der Waals surface area contributed by atoms with Crippen molar-refractivity contribution in [2.45, 2.75) is 6.92 Å². The summed E-state index contributed by atoms with van der Waals surface area (Å²) in [5.41, 5.74) is 2.34. The average Bonchev–Trinajstić information content (AvgIpc) is 2.19. The summed E-state index contributed by atoms with van der Waals surface area (Å²) in [6.45, 7) is 5.61. The zero-order valence-electron chi connectivity index (χ0n) is 7.49. The van der Waals surface area contributed by atoms with Crippen molar-refractivity contribution < 1.29 is 0 Å². The smallest absolute Gasteiger partial charge is 0.141 e. The molecule has 0 amide bonds. The highest BCUT2D eigenvalue weighted by Crippen LogP contribution is 2.12. The van der Waals surface area contributed by atoms with E-state index in [1.807, 2.05) is 25.1 Å². The molecule has 0 aliphatic heterocycles. The zero-order valence-corrected chi connectivity index (χ0v) is 7.49. The van der Waals surface area contributed by atoms with Crippen LogP contribution in [-0.2, 0) is 0 Å². The number of allylic oxidation sites excluding steroid dienone is 1. The van der Waals surface area contributed by atoms with Crippen molar-refractivity contribution in [1.29, 1.82) is 5.26 Å². The summed E-state index contributed by atoms with van der Waals surface area (Å²) in [7, 11) is 0. The molecule has 0 unspecified atom stereocenters. The van der Waals surface area contributed by atoms with Crippen LogP contribution >= 0.6 is 0 Å². The number of aromatic nitrogens is 1. The molecular weight excluding hydrogens is 160 g/mol.